The van der Waals surface area contributed by atoms with Crippen LogP contribution in [0.15, 0.2) is 65.9 Å². The number of amides is 1. The second-order valence-electron chi connectivity index (χ2n) is 6.11. The lowest BCUT2D eigenvalue weighted by atomic mass is 10.0. The highest BCUT2D eigenvalue weighted by molar-refractivity contribution is 6.32. The first kappa shape index (κ1) is 15.7. The molecular formula is C19H17ClN4O. The molecule has 0 bridgehead atoms. The van der Waals surface area contributed by atoms with Crippen molar-refractivity contribution in [1.82, 2.24) is 9.80 Å². The van der Waals surface area contributed by atoms with Gasteiger partial charge in [0.1, 0.15) is 0 Å². The Morgan fingerprint density at radius 1 is 1.16 bits per heavy atom. The number of aliphatic imine (C=N–C) groups is 1. The number of rotatable bonds is 2. The number of hydrogen-bond acceptors (Lipinski definition) is 4. The molecule has 1 atom stereocenters. The predicted molar refractivity (Wildman–Crippen MR) is 99.6 cm³/mol. The summed E-state index contributed by atoms with van der Waals surface area (Å²) >= 11 is 6.21. The van der Waals surface area contributed by atoms with Crippen LogP contribution in [0.4, 0.5) is 5.69 Å². The molecule has 1 unspecified atom stereocenters. The Morgan fingerprint density at radius 2 is 1.96 bits per heavy atom. The van der Waals surface area contributed by atoms with Crippen LogP contribution in [-0.2, 0) is 4.79 Å². The van der Waals surface area contributed by atoms with Crippen molar-refractivity contribution in [3.05, 3.63) is 77.1 Å². The number of hydrogen-bond donors (Lipinski definition) is 1. The number of benzodiazepines with no additional fused rings is 1. The Labute approximate surface area is 151 Å². The quantitative estimate of drug-likeness (QED) is 0.903. The lowest BCUT2D eigenvalue weighted by Gasteiger charge is -2.24. The first-order chi connectivity index (χ1) is 12.1. The number of nitrogens with zero attached hydrogens (tertiary/aromatic N) is 3. The molecule has 0 saturated carbocycles. The van der Waals surface area contributed by atoms with Crippen molar-refractivity contribution < 1.29 is 4.79 Å². The molecule has 1 amide bonds. The number of carbonyl (C=O) groups is 1. The Bertz CT molecular complexity index is 878. The number of carbonyl (C=O) groups excluding carboxylic acids is 1. The maximum Gasteiger partial charge on any atom is 0.269 e. The highest BCUT2D eigenvalue weighted by atomic mass is 35.5. The molecule has 6 heteroatoms. The molecule has 0 radical (unpaired) electrons. The zero-order valence-electron chi connectivity index (χ0n) is 13.7. The third-order valence-electron chi connectivity index (χ3n) is 4.24. The molecule has 2 aliphatic heterocycles. The standard InChI is InChI=1S/C19H17ClN4O/c1-23-9-10-24(12-23)18-19(25)21-16-8-7-14(20)11-15(16)17(22-18)13-5-3-2-4-6-13/h2-11,18H,12H2,1H3,(H,21,25). The molecule has 2 aromatic rings. The molecule has 0 aromatic heterocycles. The van der Waals surface area contributed by atoms with Crippen molar-refractivity contribution in [2.75, 3.05) is 19.0 Å². The SMILES string of the molecule is CN1C=CN(C2N=C(c3ccccc3)c3cc(Cl)ccc3NC2=O)C1. The van der Waals surface area contributed by atoms with Gasteiger partial charge in [0.25, 0.3) is 5.91 Å². The Balaban J connectivity index is 1.86. The van der Waals surface area contributed by atoms with Crippen molar-refractivity contribution in [3.63, 3.8) is 0 Å². The molecule has 1 N–H and O–H groups in total. The minimum atomic E-state index is -0.636. The second kappa shape index (κ2) is 6.26. The van der Waals surface area contributed by atoms with E-state index in [4.69, 9.17) is 16.6 Å². The van der Waals surface area contributed by atoms with E-state index in [1.54, 1.807) is 6.07 Å². The van der Waals surface area contributed by atoms with Crippen LogP contribution in [0.5, 0.6) is 0 Å². The zero-order valence-corrected chi connectivity index (χ0v) is 14.4. The van der Waals surface area contributed by atoms with Gasteiger partial charge in [-0.3, -0.25) is 4.79 Å². The average molecular weight is 353 g/mol. The number of benzene rings is 2. The van der Waals surface area contributed by atoms with E-state index in [1.807, 2.05) is 71.7 Å². The third-order valence-corrected chi connectivity index (χ3v) is 4.48. The minimum absolute atomic E-state index is 0.158. The van der Waals surface area contributed by atoms with Crippen LogP contribution in [0.3, 0.4) is 0 Å². The van der Waals surface area contributed by atoms with Crippen molar-refractivity contribution in [2.45, 2.75) is 6.17 Å². The van der Waals surface area contributed by atoms with E-state index in [2.05, 4.69) is 5.32 Å². The summed E-state index contributed by atoms with van der Waals surface area (Å²) in [4.78, 5) is 21.5. The molecule has 4 rings (SSSR count). The Morgan fingerprint density at radius 3 is 2.68 bits per heavy atom. The molecular weight excluding hydrogens is 336 g/mol. The summed E-state index contributed by atoms with van der Waals surface area (Å²) in [5.41, 5.74) is 3.25. The monoisotopic (exact) mass is 352 g/mol. The number of halogens is 1. The van der Waals surface area contributed by atoms with E-state index in [1.165, 1.54) is 0 Å². The summed E-state index contributed by atoms with van der Waals surface area (Å²) in [6.45, 7) is 0.612. The van der Waals surface area contributed by atoms with E-state index in [0.29, 0.717) is 11.7 Å². The molecule has 5 nitrogen and oxygen atoms in total. The van der Waals surface area contributed by atoms with Crippen LogP contribution in [0.25, 0.3) is 0 Å². The molecule has 0 spiro atoms. The van der Waals surface area contributed by atoms with Crippen LogP contribution in [0.1, 0.15) is 11.1 Å². The third kappa shape index (κ3) is 2.98. The van der Waals surface area contributed by atoms with Gasteiger partial charge in [-0.1, -0.05) is 41.9 Å². The summed E-state index contributed by atoms with van der Waals surface area (Å²) in [6, 6.07) is 15.3. The summed E-state index contributed by atoms with van der Waals surface area (Å²) in [5, 5.41) is 3.59. The summed E-state index contributed by atoms with van der Waals surface area (Å²) in [7, 11) is 1.96. The highest BCUT2D eigenvalue weighted by Gasteiger charge is 2.31. The maximum atomic E-state index is 12.8. The highest BCUT2D eigenvalue weighted by Crippen LogP contribution is 2.28. The van der Waals surface area contributed by atoms with E-state index < -0.39 is 6.17 Å². The lowest BCUT2D eigenvalue weighted by molar-refractivity contribution is -0.120. The van der Waals surface area contributed by atoms with Gasteiger partial charge < -0.3 is 15.1 Å². The average Bonchev–Trinajstić information content (AvgIpc) is 2.98. The maximum absolute atomic E-state index is 12.8. The minimum Gasteiger partial charge on any atom is -0.362 e. The molecule has 2 aliphatic rings. The van der Waals surface area contributed by atoms with Crippen molar-refractivity contribution >= 4 is 28.9 Å². The second-order valence-corrected chi connectivity index (χ2v) is 6.54. The lowest BCUT2D eigenvalue weighted by Crippen LogP contribution is -2.40. The normalized spacial score (nSPS) is 19.4. The van der Waals surface area contributed by atoms with Crippen molar-refractivity contribution in [1.29, 1.82) is 0 Å². The fraction of sp³-hybridized carbons (Fsp3) is 0.158. The van der Waals surface area contributed by atoms with Crippen LogP contribution in [-0.4, -0.2) is 41.3 Å². The molecule has 2 heterocycles. The van der Waals surface area contributed by atoms with Gasteiger partial charge in [0.15, 0.2) is 0 Å². The van der Waals surface area contributed by atoms with Crippen LogP contribution in [0, 0.1) is 0 Å². The zero-order chi connectivity index (χ0) is 17.4. The smallest absolute Gasteiger partial charge is 0.269 e. The number of nitrogens with one attached hydrogen (secondary N) is 1. The van der Waals surface area contributed by atoms with E-state index >= 15 is 0 Å². The van der Waals surface area contributed by atoms with Gasteiger partial charge in [-0.05, 0) is 18.2 Å². The van der Waals surface area contributed by atoms with Gasteiger partial charge in [-0.15, -0.1) is 0 Å². The number of anilines is 1. The van der Waals surface area contributed by atoms with Crippen molar-refractivity contribution in [2.24, 2.45) is 4.99 Å². The van der Waals surface area contributed by atoms with Crippen molar-refractivity contribution in [3.8, 4) is 0 Å². The van der Waals surface area contributed by atoms with Gasteiger partial charge in [0.05, 0.1) is 18.1 Å². The van der Waals surface area contributed by atoms with Gasteiger partial charge in [0, 0.05) is 35.6 Å². The molecule has 126 valence electrons. The Kier molecular flexibility index (Phi) is 3.93. The van der Waals surface area contributed by atoms with E-state index in [9.17, 15) is 4.79 Å². The molecule has 0 aliphatic carbocycles. The Hall–Kier alpha value is -2.79. The predicted octanol–water partition coefficient (Wildman–Crippen LogP) is 3.13. The fourth-order valence-electron chi connectivity index (χ4n) is 3.03. The van der Waals surface area contributed by atoms with Crippen LogP contribution in [0.2, 0.25) is 5.02 Å². The molecule has 0 saturated heterocycles. The topological polar surface area (TPSA) is 47.9 Å². The summed E-state index contributed by atoms with van der Waals surface area (Å²) in [6.07, 6.45) is 3.18. The van der Waals surface area contributed by atoms with E-state index in [0.717, 1.165) is 22.5 Å². The van der Waals surface area contributed by atoms with Gasteiger partial charge >= 0.3 is 0 Å². The summed E-state index contributed by atoms with van der Waals surface area (Å²) < 4.78 is 0. The van der Waals surface area contributed by atoms with E-state index in [-0.39, 0.29) is 5.91 Å². The first-order valence-electron chi connectivity index (χ1n) is 8.00. The van der Waals surface area contributed by atoms with Gasteiger partial charge in [0.2, 0.25) is 6.17 Å². The van der Waals surface area contributed by atoms with Gasteiger partial charge in [-0.25, -0.2) is 4.99 Å². The fourth-order valence-corrected chi connectivity index (χ4v) is 3.20. The number of fused-ring (bicyclic) bond motifs is 1. The molecule has 0 fully saturated rings. The summed E-state index contributed by atoms with van der Waals surface area (Å²) in [5.74, 6) is -0.158. The van der Waals surface area contributed by atoms with Crippen LogP contribution < -0.4 is 5.32 Å². The van der Waals surface area contributed by atoms with Crippen LogP contribution >= 0.6 is 11.6 Å². The molecule has 2 aromatic carbocycles. The van der Waals surface area contributed by atoms with Gasteiger partial charge in [-0.2, -0.15) is 0 Å². The largest absolute Gasteiger partial charge is 0.362 e. The first-order valence-corrected chi connectivity index (χ1v) is 8.38. The molecule has 25 heavy (non-hydrogen) atoms.